The van der Waals surface area contributed by atoms with Crippen molar-refractivity contribution in [3.63, 3.8) is 0 Å². The van der Waals surface area contributed by atoms with Gasteiger partial charge in [0.25, 0.3) is 0 Å². The Balaban J connectivity index is 1.82. The molecule has 2 N–H and O–H groups in total. The van der Waals surface area contributed by atoms with Crippen molar-refractivity contribution in [2.24, 2.45) is 0 Å². The minimum absolute atomic E-state index is 0.628. The van der Waals surface area contributed by atoms with E-state index in [2.05, 4.69) is 16.1 Å². The van der Waals surface area contributed by atoms with Gasteiger partial charge in [0, 0.05) is 19.6 Å². The lowest BCUT2D eigenvalue weighted by Crippen LogP contribution is -2.37. The third kappa shape index (κ3) is 3.39. The minimum atomic E-state index is -3.44. The first-order valence-electron chi connectivity index (χ1n) is 7.76. The van der Waals surface area contributed by atoms with Gasteiger partial charge in [-0.1, -0.05) is 25.0 Å². The first-order chi connectivity index (χ1) is 10.2. The summed E-state index contributed by atoms with van der Waals surface area (Å²) in [5.41, 5.74) is 3.05. The van der Waals surface area contributed by atoms with Crippen LogP contribution < -0.4 is 10.0 Å². The van der Waals surface area contributed by atoms with Crippen molar-refractivity contribution in [3.8, 4) is 0 Å². The second kappa shape index (κ2) is 6.34. The van der Waals surface area contributed by atoms with E-state index in [1.54, 1.807) is 4.31 Å². The van der Waals surface area contributed by atoms with Crippen LogP contribution in [0.5, 0.6) is 0 Å². The number of hydrogen-bond acceptors (Lipinski definition) is 3. The topological polar surface area (TPSA) is 61.4 Å². The van der Waals surface area contributed by atoms with Crippen LogP contribution in [0.2, 0.25) is 0 Å². The average Bonchev–Trinajstić information content (AvgIpc) is 2.77. The number of hydrogen-bond donors (Lipinski definition) is 2. The zero-order chi connectivity index (χ0) is 14.7. The summed E-state index contributed by atoms with van der Waals surface area (Å²) in [6.07, 6.45) is 5.10. The summed E-state index contributed by atoms with van der Waals surface area (Å²) in [6.45, 7) is 2.94. The maximum absolute atomic E-state index is 12.6. The molecule has 2 aliphatic rings. The van der Waals surface area contributed by atoms with Crippen molar-refractivity contribution in [1.82, 2.24) is 9.62 Å². The first kappa shape index (κ1) is 14.8. The highest BCUT2D eigenvalue weighted by Crippen LogP contribution is 2.25. The van der Waals surface area contributed by atoms with Crippen molar-refractivity contribution in [1.29, 1.82) is 0 Å². The highest BCUT2D eigenvalue weighted by atomic mass is 32.2. The number of anilines is 1. The summed E-state index contributed by atoms with van der Waals surface area (Å²) in [6, 6.07) is 5.88. The van der Waals surface area contributed by atoms with Gasteiger partial charge in [0.2, 0.25) is 0 Å². The second-order valence-electron chi connectivity index (χ2n) is 5.79. The third-order valence-corrected chi connectivity index (χ3v) is 5.81. The van der Waals surface area contributed by atoms with E-state index in [4.69, 9.17) is 0 Å². The molecule has 6 heteroatoms. The van der Waals surface area contributed by atoms with Gasteiger partial charge in [0.15, 0.2) is 0 Å². The van der Waals surface area contributed by atoms with Crippen molar-refractivity contribution in [3.05, 3.63) is 29.3 Å². The van der Waals surface area contributed by atoms with Gasteiger partial charge in [-0.2, -0.15) is 12.7 Å². The van der Waals surface area contributed by atoms with Crippen LogP contribution in [0.25, 0.3) is 0 Å². The number of fused-ring (bicyclic) bond motifs is 1. The molecular formula is C15H23N3O2S. The van der Waals surface area contributed by atoms with E-state index in [0.29, 0.717) is 13.1 Å². The molecule has 0 bridgehead atoms. The van der Waals surface area contributed by atoms with E-state index >= 15 is 0 Å². The van der Waals surface area contributed by atoms with Crippen LogP contribution in [0.3, 0.4) is 0 Å². The van der Waals surface area contributed by atoms with E-state index < -0.39 is 10.2 Å². The molecule has 1 saturated heterocycles. The largest absolute Gasteiger partial charge is 0.312 e. The molecule has 0 aliphatic carbocycles. The van der Waals surface area contributed by atoms with Crippen molar-refractivity contribution >= 4 is 15.9 Å². The normalized spacial score (nSPS) is 20.6. The summed E-state index contributed by atoms with van der Waals surface area (Å²) in [7, 11) is -3.44. The van der Waals surface area contributed by atoms with E-state index in [1.165, 1.54) is 5.56 Å². The Labute approximate surface area is 126 Å². The van der Waals surface area contributed by atoms with Crippen LogP contribution in [-0.2, 0) is 23.2 Å². The Morgan fingerprint density at radius 1 is 1.10 bits per heavy atom. The number of benzene rings is 1. The van der Waals surface area contributed by atoms with Crippen molar-refractivity contribution in [2.45, 2.75) is 38.6 Å². The van der Waals surface area contributed by atoms with Crippen LogP contribution >= 0.6 is 0 Å². The maximum Gasteiger partial charge on any atom is 0.301 e. The highest BCUT2D eigenvalue weighted by molar-refractivity contribution is 7.90. The van der Waals surface area contributed by atoms with Crippen molar-refractivity contribution < 1.29 is 8.42 Å². The van der Waals surface area contributed by atoms with Crippen LogP contribution in [0.4, 0.5) is 5.69 Å². The van der Waals surface area contributed by atoms with Crippen LogP contribution in [0, 0.1) is 0 Å². The predicted octanol–water partition coefficient (Wildman–Crippen LogP) is 1.86. The van der Waals surface area contributed by atoms with Gasteiger partial charge in [-0.15, -0.1) is 0 Å². The lowest BCUT2D eigenvalue weighted by atomic mass is 10.00. The zero-order valence-electron chi connectivity index (χ0n) is 12.3. The van der Waals surface area contributed by atoms with E-state index in [0.717, 1.165) is 56.4 Å². The molecule has 2 heterocycles. The van der Waals surface area contributed by atoms with Crippen LogP contribution in [-0.4, -0.2) is 32.4 Å². The van der Waals surface area contributed by atoms with Gasteiger partial charge in [0.05, 0.1) is 5.69 Å². The van der Waals surface area contributed by atoms with Gasteiger partial charge < -0.3 is 5.32 Å². The van der Waals surface area contributed by atoms with Crippen LogP contribution in [0.15, 0.2) is 18.2 Å². The van der Waals surface area contributed by atoms with Gasteiger partial charge in [-0.05, 0) is 43.0 Å². The molecule has 2 aliphatic heterocycles. The summed E-state index contributed by atoms with van der Waals surface area (Å²) in [4.78, 5) is 0. The molecule has 1 aromatic carbocycles. The predicted molar refractivity (Wildman–Crippen MR) is 84.4 cm³/mol. The highest BCUT2D eigenvalue weighted by Gasteiger charge is 2.24. The average molecular weight is 309 g/mol. The Bertz CT molecular complexity index is 593. The zero-order valence-corrected chi connectivity index (χ0v) is 13.1. The number of rotatable bonds is 3. The fraction of sp³-hybridized carbons (Fsp3) is 0.600. The quantitative estimate of drug-likeness (QED) is 0.896. The molecule has 0 aromatic heterocycles. The molecular weight excluding hydrogens is 286 g/mol. The molecule has 0 radical (unpaired) electrons. The fourth-order valence-corrected chi connectivity index (χ4v) is 4.43. The number of nitrogens with zero attached hydrogens (tertiary/aromatic N) is 1. The molecule has 1 aromatic rings. The summed E-state index contributed by atoms with van der Waals surface area (Å²) >= 11 is 0. The van der Waals surface area contributed by atoms with E-state index in [-0.39, 0.29) is 0 Å². The third-order valence-electron chi connectivity index (χ3n) is 4.29. The second-order valence-corrected chi connectivity index (χ2v) is 7.46. The molecule has 21 heavy (non-hydrogen) atoms. The van der Waals surface area contributed by atoms with Gasteiger partial charge in [0.1, 0.15) is 0 Å². The van der Waals surface area contributed by atoms with Crippen molar-refractivity contribution in [2.75, 3.05) is 24.4 Å². The molecule has 5 nitrogen and oxygen atoms in total. The van der Waals surface area contributed by atoms with E-state index in [9.17, 15) is 8.42 Å². The molecule has 0 spiro atoms. The molecule has 0 saturated carbocycles. The van der Waals surface area contributed by atoms with Crippen LogP contribution in [0.1, 0.15) is 36.8 Å². The molecule has 0 amide bonds. The monoisotopic (exact) mass is 309 g/mol. The molecule has 116 valence electrons. The number of nitrogens with one attached hydrogen (secondary N) is 2. The molecule has 0 unspecified atom stereocenters. The fourth-order valence-electron chi connectivity index (χ4n) is 3.10. The Morgan fingerprint density at radius 3 is 2.62 bits per heavy atom. The lowest BCUT2D eigenvalue weighted by molar-refractivity contribution is 0.427. The van der Waals surface area contributed by atoms with E-state index in [1.807, 2.05) is 12.1 Å². The van der Waals surface area contributed by atoms with Gasteiger partial charge in [-0.3, -0.25) is 4.72 Å². The molecule has 0 atom stereocenters. The molecule has 1 fully saturated rings. The molecule has 3 rings (SSSR count). The Kier molecular flexibility index (Phi) is 4.47. The summed E-state index contributed by atoms with van der Waals surface area (Å²) < 4.78 is 29.6. The summed E-state index contributed by atoms with van der Waals surface area (Å²) in [5.74, 6) is 0. The Hall–Kier alpha value is -1.11. The first-order valence-corrected chi connectivity index (χ1v) is 9.20. The Morgan fingerprint density at radius 2 is 1.86 bits per heavy atom. The maximum atomic E-state index is 12.6. The summed E-state index contributed by atoms with van der Waals surface area (Å²) in [5, 5.41) is 3.31. The SMILES string of the molecule is O=S(=O)(Nc1cccc2c1CNCC2)N1CCCCCC1. The minimum Gasteiger partial charge on any atom is -0.312 e. The smallest absolute Gasteiger partial charge is 0.301 e. The van der Waals surface area contributed by atoms with Gasteiger partial charge in [-0.25, -0.2) is 0 Å². The lowest BCUT2D eigenvalue weighted by Gasteiger charge is -2.24. The standard InChI is InChI=1S/C15H23N3O2S/c19-21(20,18-10-3-1-2-4-11-18)17-15-7-5-6-13-8-9-16-12-14(13)15/h5-7,16-17H,1-4,8-12H2. The van der Waals surface area contributed by atoms with Gasteiger partial charge >= 0.3 is 10.2 Å².